The van der Waals surface area contributed by atoms with Crippen LogP contribution in [0.1, 0.15) is 35.2 Å². The van der Waals surface area contributed by atoms with E-state index in [-0.39, 0.29) is 11.3 Å². The van der Waals surface area contributed by atoms with Crippen molar-refractivity contribution in [3.63, 3.8) is 0 Å². The number of amides is 1. The Morgan fingerprint density at radius 2 is 1.67 bits per heavy atom. The highest BCUT2D eigenvalue weighted by Gasteiger charge is 2.47. The van der Waals surface area contributed by atoms with Crippen LogP contribution in [0.2, 0.25) is 0 Å². The largest absolute Gasteiger partial charge is 0.507 e. The van der Waals surface area contributed by atoms with Gasteiger partial charge in [0.2, 0.25) is 0 Å². The van der Waals surface area contributed by atoms with Gasteiger partial charge < -0.3 is 14.6 Å². The fourth-order valence-electron chi connectivity index (χ4n) is 4.14. The lowest BCUT2D eigenvalue weighted by molar-refractivity contribution is -0.132. The molecule has 1 fully saturated rings. The molecule has 4 rings (SSSR count). The minimum absolute atomic E-state index is 0.0458. The first-order valence-electron chi connectivity index (χ1n) is 11.1. The first-order valence-corrected chi connectivity index (χ1v) is 11.9. The molecule has 0 aromatic heterocycles. The van der Waals surface area contributed by atoms with Gasteiger partial charge in [-0.15, -0.1) is 0 Å². The summed E-state index contributed by atoms with van der Waals surface area (Å²) in [5.74, 6) is -1.44. The van der Waals surface area contributed by atoms with Gasteiger partial charge >= 0.3 is 5.97 Å². The first kappa shape index (κ1) is 25.2. The van der Waals surface area contributed by atoms with Crippen molar-refractivity contribution in [1.82, 2.24) is 0 Å². The number of benzene rings is 3. The van der Waals surface area contributed by atoms with Gasteiger partial charge in [0.05, 0.1) is 23.2 Å². The van der Waals surface area contributed by atoms with E-state index in [0.29, 0.717) is 32.8 Å². The lowest BCUT2D eigenvalue weighted by Gasteiger charge is -2.26. The van der Waals surface area contributed by atoms with Crippen LogP contribution in [-0.2, 0) is 14.4 Å². The summed E-state index contributed by atoms with van der Waals surface area (Å²) in [6.45, 7) is 5.18. The van der Waals surface area contributed by atoms with E-state index in [1.54, 1.807) is 48.5 Å². The molecule has 0 spiro atoms. The standard InChI is InChI=1S/C28H24BrNO6/c1-15-5-9-20(13-16(15)2)30-25(18-6-10-21(11-7-18)36-17(3)31)24(27(33)28(30)34)26(32)19-8-12-23(35-4)22(29)14-19/h5-14,25,32H,1-4H3/b26-24+. The molecular weight excluding hydrogens is 526 g/mol. The number of anilines is 1. The molecule has 1 amide bonds. The number of halogens is 1. The minimum Gasteiger partial charge on any atom is -0.507 e. The summed E-state index contributed by atoms with van der Waals surface area (Å²) >= 11 is 3.40. The SMILES string of the molecule is COc1ccc(/C(O)=C2\C(=O)C(=O)N(c3ccc(C)c(C)c3)C2c2ccc(OC(C)=O)cc2)cc1Br. The number of aliphatic hydroxyl groups excluding tert-OH is 1. The number of hydrogen-bond donors (Lipinski definition) is 1. The third-order valence-corrected chi connectivity index (χ3v) is 6.72. The number of carbonyl (C=O) groups is 3. The second-order valence-corrected chi connectivity index (χ2v) is 9.30. The van der Waals surface area contributed by atoms with Crippen molar-refractivity contribution < 1.29 is 29.0 Å². The topological polar surface area (TPSA) is 93.1 Å². The molecule has 3 aromatic rings. The van der Waals surface area contributed by atoms with Crippen LogP contribution in [-0.4, -0.2) is 29.9 Å². The van der Waals surface area contributed by atoms with Crippen molar-refractivity contribution in [2.75, 3.05) is 12.0 Å². The molecule has 1 N–H and O–H groups in total. The lowest BCUT2D eigenvalue weighted by Crippen LogP contribution is -2.29. The number of Topliss-reactive ketones (excluding diaryl/α,β-unsaturated/α-hetero) is 1. The fourth-order valence-corrected chi connectivity index (χ4v) is 4.68. The Morgan fingerprint density at radius 3 is 2.25 bits per heavy atom. The summed E-state index contributed by atoms with van der Waals surface area (Å²) in [7, 11) is 1.52. The third kappa shape index (κ3) is 4.64. The van der Waals surface area contributed by atoms with Gasteiger partial charge in [-0.05, 0) is 88.9 Å². The Kier molecular flexibility index (Phi) is 6.99. The molecule has 0 radical (unpaired) electrons. The minimum atomic E-state index is -0.903. The van der Waals surface area contributed by atoms with Gasteiger partial charge in [0.15, 0.2) is 0 Å². The summed E-state index contributed by atoms with van der Waals surface area (Å²) < 4.78 is 11.0. The molecule has 1 aliphatic heterocycles. The van der Waals surface area contributed by atoms with E-state index in [1.165, 1.54) is 18.9 Å². The van der Waals surface area contributed by atoms with Crippen LogP contribution >= 0.6 is 15.9 Å². The van der Waals surface area contributed by atoms with Gasteiger partial charge in [0.25, 0.3) is 11.7 Å². The number of ether oxygens (including phenoxy) is 2. The van der Waals surface area contributed by atoms with Crippen LogP contribution in [0.25, 0.3) is 5.76 Å². The van der Waals surface area contributed by atoms with Crippen LogP contribution in [0.3, 0.4) is 0 Å². The van der Waals surface area contributed by atoms with Crippen molar-refractivity contribution in [3.8, 4) is 11.5 Å². The number of carbonyl (C=O) groups excluding carboxylic acids is 3. The number of rotatable bonds is 5. The molecule has 1 unspecified atom stereocenters. The monoisotopic (exact) mass is 549 g/mol. The van der Waals surface area contributed by atoms with Crippen LogP contribution in [0.4, 0.5) is 5.69 Å². The highest BCUT2D eigenvalue weighted by atomic mass is 79.9. The second-order valence-electron chi connectivity index (χ2n) is 8.45. The summed E-state index contributed by atoms with van der Waals surface area (Å²) in [5.41, 5.74) is 3.40. The maximum atomic E-state index is 13.3. The van der Waals surface area contributed by atoms with E-state index >= 15 is 0 Å². The number of aryl methyl sites for hydroxylation is 2. The number of aliphatic hydroxyl groups is 1. The summed E-state index contributed by atoms with van der Waals surface area (Å²) in [6.07, 6.45) is 0. The molecule has 8 heteroatoms. The van der Waals surface area contributed by atoms with Crippen LogP contribution < -0.4 is 14.4 Å². The Hall–Kier alpha value is -3.91. The first-order chi connectivity index (χ1) is 17.1. The van der Waals surface area contributed by atoms with E-state index in [1.807, 2.05) is 26.0 Å². The third-order valence-electron chi connectivity index (χ3n) is 6.10. The maximum Gasteiger partial charge on any atom is 0.308 e. The van der Waals surface area contributed by atoms with Crippen molar-refractivity contribution in [3.05, 3.63) is 93.0 Å². The number of methoxy groups -OCH3 is 1. The van der Waals surface area contributed by atoms with E-state index < -0.39 is 23.7 Å². The average Bonchev–Trinajstić information content (AvgIpc) is 3.11. The zero-order chi connectivity index (χ0) is 26.1. The zero-order valence-electron chi connectivity index (χ0n) is 20.2. The van der Waals surface area contributed by atoms with Crippen LogP contribution in [0.15, 0.2) is 70.7 Å². The zero-order valence-corrected chi connectivity index (χ0v) is 21.8. The van der Waals surface area contributed by atoms with Crippen molar-refractivity contribution in [2.45, 2.75) is 26.8 Å². The lowest BCUT2D eigenvalue weighted by atomic mass is 9.95. The summed E-state index contributed by atoms with van der Waals surface area (Å²) in [6, 6.07) is 16.0. The van der Waals surface area contributed by atoms with E-state index in [9.17, 15) is 19.5 Å². The highest BCUT2D eigenvalue weighted by Crippen LogP contribution is 2.43. The predicted molar refractivity (Wildman–Crippen MR) is 139 cm³/mol. The van der Waals surface area contributed by atoms with E-state index in [0.717, 1.165) is 11.1 Å². The van der Waals surface area contributed by atoms with Gasteiger partial charge in [-0.2, -0.15) is 0 Å². The van der Waals surface area contributed by atoms with Gasteiger partial charge in [-0.1, -0.05) is 18.2 Å². The molecule has 184 valence electrons. The van der Waals surface area contributed by atoms with E-state index in [4.69, 9.17) is 9.47 Å². The quantitative estimate of drug-likeness (QED) is 0.146. The summed E-state index contributed by atoms with van der Waals surface area (Å²) in [5, 5.41) is 11.3. The molecule has 1 atom stereocenters. The number of hydrogen-bond acceptors (Lipinski definition) is 6. The average molecular weight is 550 g/mol. The Labute approximate surface area is 217 Å². The van der Waals surface area contributed by atoms with Crippen molar-refractivity contribution >= 4 is 45.0 Å². The Balaban J connectivity index is 1.91. The van der Waals surface area contributed by atoms with Gasteiger partial charge in [-0.3, -0.25) is 19.3 Å². The molecule has 7 nitrogen and oxygen atoms in total. The van der Waals surface area contributed by atoms with Crippen molar-refractivity contribution in [2.24, 2.45) is 0 Å². The molecule has 0 saturated carbocycles. The smallest absolute Gasteiger partial charge is 0.308 e. The molecule has 1 aliphatic rings. The van der Waals surface area contributed by atoms with Gasteiger partial charge in [-0.25, -0.2) is 0 Å². The number of esters is 1. The predicted octanol–water partition coefficient (Wildman–Crippen LogP) is 5.63. The molecular formula is C28H24BrNO6. The molecule has 3 aromatic carbocycles. The Morgan fingerprint density at radius 1 is 0.972 bits per heavy atom. The second kappa shape index (κ2) is 9.99. The summed E-state index contributed by atoms with van der Waals surface area (Å²) in [4.78, 5) is 39.4. The van der Waals surface area contributed by atoms with Gasteiger partial charge in [0.1, 0.15) is 17.3 Å². The Bertz CT molecular complexity index is 1410. The van der Waals surface area contributed by atoms with Crippen LogP contribution in [0.5, 0.6) is 11.5 Å². The molecule has 1 heterocycles. The normalized spacial score (nSPS) is 16.8. The molecule has 1 saturated heterocycles. The highest BCUT2D eigenvalue weighted by molar-refractivity contribution is 9.10. The van der Waals surface area contributed by atoms with Crippen LogP contribution in [0, 0.1) is 13.8 Å². The van der Waals surface area contributed by atoms with Gasteiger partial charge in [0, 0.05) is 18.2 Å². The number of nitrogens with zero attached hydrogens (tertiary/aromatic N) is 1. The molecule has 0 bridgehead atoms. The fraction of sp³-hybridized carbons (Fsp3) is 0.179. The molecule has 0 aliphatic carbocycles. The number of ketones is 1. The molecule has 36 heavy (non-hydrogen) atoms. The maximum absolute atomic E-state index is 13.3. The van der Waals surface area contributed by atoms with Crippen molar-refractivity contribution in [1.29, 1.82) is 0 Å². The van der Waals surface area contributed by atoms with E-state index in [2.05, 4.69) is 15.9 Å².